The first-order valence-corrected chi connectivity index (χ1v) is 6.50. The Kier molecular flexibility index (Phi) is 4.23. The van der Waals surface area contributed by atoms with Gasteiger partial charge in [0.15, 0.2) is 0 Å². The molecule has 0 aliphatic carbocycles. The number of para-hydroxylation sites is 1. The normalized spacial score (nSPS) is 9.85. The number of nitro benzene ring substituents is 1. The Balaban J connectivity index is 2.45. The maximum absolute atomic E-state index is 11.0. The summed E-state index contributed by atoms with van der Waals surface area (Å²) in [6.45, 7) is 0. The molecule has 0 aliphatic heterocycles. The van der Waals surface area contributed by atoms with E-state index in [2.05, 4.69) is 15.9 Å². The second kappa shape index (κ2) is 5.90. The van der Waals surface area contributed by atoms with Gasteiger partial charge in [0, 0.05) is 6.07 Å². The number of nitrogens with zero attached hydrogens (tertiary/aromatic N) is 2. The van der Waals surface area contributed by atoms with Crippen LogP contribution < -0.4 is 4.74 Å². The fraction of sp³-hybridized carbons (Fsp3) is 0. The lowest BCUT2D eigenvalue weighted by molar-refractivity contribution is -0.385. The summed E-state index contributed by atoms with van der Waals surface area (Å²) in [4.78, 5) is 10.4. The fourth-order valence-electron chi connectivity index (χ4n) is 1.51. The number of hydrogen-bond donors (Lipinski definition) is 0. The number of nitro groups is 1. The number of hydrogen-bond acceptors (Lipinski definition) is 4. The van der Waals surface area contributed by atoms with E-state index in [0.717, 1.165) is 0 Å². The molecule has 100 valence electrons. The van der Waals surface area contributed by atoms with Crippen LogP contribution in [0, 0.1) is 21.4 Å². The number of rotatable bonds is 3. The van der Waals surface area contributed by atoms with E-state index in [0.29, 0.717) is 10.0 Å². The van der Waals surface area contributed by atoms with E-state index in [1.165, 1.54) is 30.3 Å². The summed E-state index contributed by atoms with van der Waals surface area (Å²) in [6, 6.07) is 10.9. The molecule has 0 aromatic heterocycles. The lowest BCUT2D eigenvalue weighted by Crippen LogP contribution is -1.94. The topological polar surface area (TPSA) is 76.2 Å². The molecule has 0 unspecified atom stereocenters. The van der Waals surface area contributed by atoms with Gasteiger partial charge in [-0.15, -0.1) is 0 Å². The lowest BCUT2D eigenvalue weighted by atomic mass is 10.2. The SMILES string of the molecule is N#Cc1ccc(Oc2c(Br)cccc2[N+](=O)[O-])c(Cl)c1. The Morgan fingerprint density at radius 3 is 2.70 bits per heavy atom. The Hall–Kier alpha value is -2.10. The summed E-state index contributed by atoms with van der Waals surface area (Å²) in [5.41, 5.74) is 0.198. The standard InChI is InChI=1S/C13H6BrClN2O3/c14-9-2-1-3-11(17(18)19)13(9)20-12-5-4-8(7-16)6-10(12)15/h1-6H. The summed E-state index contributed by atoms with van der Waals surface area (Å²) >= 11 is 9.18. The molecule has 2 aromatic carbocycles. The van der Waals surface area contributed by atoms with Crippen molar-refractivity contribution >= 4 is 33.2 Å². The minimum Gasteiger partial charge on any atom is -0.447 e. The number of ether oxygens (including phenoxy) is 1. The molecule has 2 aromatic rings. The van der Waals surface area contributed by atoms with Crippen LogP contribution in [0.3, 0.4) is 0 Å². The van der Waals surface area contributed by atoms with Crippen LogP contribution in [-0.2, 0) is 0 Å². The Bertz CT molecular complexity index is 728. The van der Waals surface area contributed by atoms with Crippen LogP contribution in [0.4, 0.5) is 5.69 Å². The molecule has 7 heteroatoms. The molecule has 0 saturated heterocycles. The Labute approximate surface area is 127 Å². The van der Waals surface area contributed by atoms with Gasteiger partial charge in [-0.1, -0.05) is 17.7 Å². The molecule has 0 radical (unpaired) electrons. The Morgan fingerprint density at radius 2 is 2.10 bits per heavy atom. The van der Waals surface area contributed by atoms with E-state index < -0.39 is 4.92 Å². The van der Waals surface area contributed by atoms with E-state index in [9.17, 15) is 10.1 Å². The molecule has 0 N–H and O–H groups in total. The average Bonchev–Trinajstić information content (AvgIpc) is 2.42. The van der Waals surface area contributed by atoms with E-state index in [1.807, 2.05) is 6.07 Å². The highest BCUT2D eigenvalue weighted by atomic mass is 79.9. The van der Waals surface area contributed by atoms with Crippen molar-refractivity contribution in [2.45, 2.75) is 0 Å². The van der Waals surface area contributed by atoms with Crippen molar-refractivity contribution in [2.75, 3.05) is 0 Å². The number of halogens is 2. The highest BCUT2D eigenvalue weighted by Crippen LogP contribution is 2.40. The van der Waals surface area contributed by atoms with Crippen molar-refractivity contribution in [3.8, 4) is 17.6 Å². The summed E-state index contributed by atoms with van der Waals surface area (Å²) in [5.74, 6) is 0.296. The molecule has 0 saturated carbocycles. The van der Waals surface area contributed by atoms with E-state index >= 15 is 0 Å². The van der Waals surface area contributed by atoms with Crippen LogP contribution in [0.2, 0.25) is 5.02 Å². The third-order valence-corrected chi connectivity index (χ3v) is 3.34. The van der Waals surface area contributed by atoms with Gasteiger partial charge in [-0.25, -0.2) is 0 Å². The van der Waals surface area contributed by atoms with Crippen LogP contribution >= 0.6 is 27.5 Å². The van der Waals surface area contributed by atoms with Crippen molar-refractivity contribution < 1.29 is 9.66 Å². The van der Waals surface area contributed by atoms with Gasteiger partial charge in [0.1, 0.15) is 5.75 Å². The highest BCUT2D eigenvalue weighted by Gasteiger charge is 2.19. The zero-order valence-electron chi connectivity index (χ0n) is 9.84. The minimum atomic E-state index is -0.544. The van der Waals surface area contributed by atoms with E-state index in [4.69, 9.17) is 21.6 Å². The van der Waals surface area contributed by atoms with Crippen LogP contribution in [0.15, 0.2) is 40.9 Å². The average molecular weight is 354 g/mol. The van der Waals surface area contributed by atoms with Gasteiger partial charge in [0.05, 0.1) is 26.1 Å². The van der Waals surface area contributed by atoms with Gasteiger partial charge in [0.2, 0.25) is 5.75 Å². The van der Waals surface area contributed by atoms with Gasteiger partial charge in [-0.2, -0.15) is 5.26 Å². The van der Waals surface area contributed by atoms with Crippen molar-refractivity contribution in [3.05, 3.63) is 61.6 Å². The van der Waals surface area contributed by atoms with Crippen LogP contribution in [0.5, 0.6) is 11.5 Å². The fourth-order valence-corrected chi connectivity index (χ4v) is 2.16. The zero-order chi connectivity index (χ0) is 14.7. The molecule has 0 fully saturated rings. The first-order chi connectivity index (χ1) is 9.52. The van der Waals surface area contributed by atoms with E-state index in [1.54, 1.807) is 6.07 Å². The molecule has 0 bridgehead atoms. The third kappa shape index (κ3) is 2.90. The maximum atomic E-state index is 11.0. The largest absolute Gasteiger partial charge is 0.447 e. The first-order valence-electron chi connectivity index (χ1n) is 5.33. The predicted octanol–water partition coefficient (Wildman–Crippen LogP) is 4.67. The molecule has 0 amide bonds. The summed E-state index contributed by atoms with van der Waals surface area (Å²) < 4.78 is 5.94. The zero-order valence-corrected chi connectivity index (χ0v) is 12.2. The highest BCUT2D eigenvalue weighted by molar-refractivity contribution is 9.10. The quantitative estimate of drug-likeness (QED) is 0.593. The van der Waals surface area contributed by atoms with Crippen LogP contribution in [0.1, 0.15) is 5.56 Å². The second-order valence-corrected chi connectivity index (χ2v) is 4.97. The van der Waals surface area contributed by atoms with Crippen molar-refractivity contribution in [1.29, 1.82) is 5.26 Å². The minimum absolute atomic E-state index is 0.0594. The predicted molar refractivity (Wildman–Crippen MR) is 77.0 cm³/mol. The van der Waals surface area contributed by atoms with Crippen molar-refractivity contribution in [2.24, 2.45) is 0 Å². The van der Waals surface area contributed by atoms with Crippen molar-refractivity contribution in [3.63, 3.8) is 0 Å². The molecule has 5 nitrogen and oxygen atoms in total. The molecular formula is C13H6BrClN2O3. The van der Waals surface area contributed by atoms with Gasteiger partial charge in [0.25, 0.3) is 0 Å². The third-order valence-electron chi connectivity index (χ3n) is 2.42. The molecule has 2 rings (SSSR count). The monoisotopic (exact) mass is 352 g/mol. The smallest absolute Gasteiger partial charge is 0.312 e. The van der Waals surface area contributed by atoms with Gasteiger partial charge < -0.3 is 4.74 Å². The second-order valence-electron chi connectivity index (χ2n) is 3.70. The molecule has 0 heterocycles. The molecule has 20 heavy (non-hydrogen) atoms. The molecule has 0 aliphatic rings. The maximum Gasteiger partial charge on any atom is 0.312 e. The van der Waals surface area contributed by atoms with E-state index in [-0.39, 0.29) is 22.2 Å². The van der Waals surface area contributed by atoms with Crippen LogP contribution in [0.25, 0.3) is 0 Å². The number of nitriles is 1. The lowest BCUT2D eigenvalue weighted by Gasteiger charge is -2.09. The van der Waals surface area contributed by atoms with Crippen molar-refractivity contribution in [1.82, 2.24) is 0 Å². The first kappa shape index (κ1) is 14.3. The van der Waals surface area contributed by atoms with Gasteiger partial charge in [-0.05, 0) is 40.2 Å². The van der Waals surface area contributed by atoms with Gasteiger partial charge in [-0.3, -0.25) is 10.1 Å². The van der Waals surface area contributed by atoms with Crippen LogP contribution in [-0.4, -0.2) is 4.92 Å². The number of benzene rings is 2. The Morgan fingerprint density at radius 1 is 1.35 bits per heavy atom. The summed E-state index contributed by atoms with van der Waals surface area (Å²) in [5, 5.41) is 19.9. The molecular weight excluding hydrogens is 348 g/mol. The summed E-state index contributed by atoms with van der Waals surface area (Å²) in [6.07, 6.45) is 0. The summed E-state index contributed by atoms with van der Waals surface area (Å²) in [7, 11) is 0. The molecule has 0 spiro atoms. The van der Waals surface area contributed by atoms with Gasteiger partial charge >= 0.3 is 5.69 Å². The molecule has 0 atom stereocenters.